The van der Waals surface area contributed by atoms with Crippen molar-refractivity contribution in [3.05, 3.63) is 35.0 Å². The smallest absolute Gasteiger partial charge is 0.268 e. The third-order valence-corrected chi connectivity index (χ3v) is 5.85. The van der Waals surface area contributed by atoms with E-state index in [1.54, 1.807) is 18.2 Å². The van der Waals surface area contributed by atoms with Crippen LogP contribution in [0.3, 0.4) is 0 Å². The number of rotatable bonds is 6. The van der Waals surface area contributed by atoms with E-state index in [0.29, 0.717) is 23.5 Å². The van der Waals surface area contributed by atoms with Crippen molar-refractivity contribution >= 4 is 40.2 Å². The zero-order valence-electron chi connectivity index (χ0n) is 18.0. The number of nitriles is 1. The molecule has 1 saturated carbocycles. The van der Waals surface area contributed by atoms with E-state index in [1.807, 2.05) is 12.1 Å². The van der Waals surface area contributed by atoms with E-state index >= 15 is 0 Å². The van der Waals surface area contributed by atoms with E-state index in [4.69, 9.17) is 11.6 Å². The van der Waals surface area contributed by atoms with Crippen molar-refractivity contribution in [3.63, 3.8) is 0 Å². The maximum absolute atomic E-state index is 12.3. The molecule has 3 amide bonds. The molecule has 2 heterocycles. The summed E-state index contributed by atoms with van der Waals surface area (Å²) in [4.78, 5) is 39.1. The van der Waals surface area contributed by atoms with Gasteiger partial charge in [-0.05, 0) is 37.3 Å². The molecule has 8 nitrogen and oxygen atoms in total. The maximum Gasteiger partial charge on any atom is 0.268 e. The second kappa shape index (κ2) is 11.0. The van der Waals surface area contributed by atoms with Crippen LogP contribution in [0.5, 0.6) is 0 Å². The van der Waals surface area contributed by atoms with Crippen LogP contribution in [0.25, 0.3) is 10.9 Å². The molecule has 0 radical (unpaired) electrons. The number of amides is 3. The molecule has 1 saturated heterocycles. The number of aromatic nitrogens is 1. The molecular weight excluding hydrogens is 430 g/mol. The quantitative estimate of drug-likeness (QED) is 0.531. The predicted molar refractivity (Wildman–Crippen MR) is 122 cm³/mol. The van der Waals surface area contributed by atoms with Crippen molar-refractivity contribution in [2.45, 2.75) is 45.1 Å². The Labute approximate surface area is 192 Å². The molecular formula is C23H28ClN5O3. The van der Waals surface area contributed by atoms with Gasteiger partial charge in [-0.25, -0.2) is 0 Å². The fourth-order valence-corrected chi connectivity index (χ4v) is 3.63. The zero-order chi connectivity index (χ0) is 23.1. The van der Waals surface area contributed by atoms with Crippen LogP contribution in [0.15, 0.2) is 24.3 Å². The largest absolute Gasteiger partial charge is 0.356 e. The molecule has 4 N–H and O–H groups in total. The highest BCUT2D eigenvalue weighted by Gasteiger charge is 2.26. The van der Waals surface area contributed by atoms with Gasteiger partial charge < -0.3 is 20.9 Å². The number of para-hydroxylation sites is 1. The number of hydrogen-bond donors (Lipinski definition) is 4. The Balaban J connectivity index is 0.000000650. The van der Waals surface area contributed by atoms with Gasteiger partial charge in [0.25, 0.3) is 5.91 Å². The van der Waals surface area contributed by atoms with Crippen LogP contribution in [-0.4, -0.2) is 41.8 Å². The van der Waals surface area contributed by atoms with Gasteiger partial charge in [0.1, 0.15) is 11.7 Å². The molecule has 1 aliphatic heterocycles. The van der Waals surface area contributed by atoms with Crippen molar-refractivity contribution < 1.29 is 14.4 Å². The van der Waals surface area contributed by atoms with Gasteiger partial charge >= 0.3 is 0 Å². The van der Waals surface area contributed by atoms with Crippen LogP contribution in [-0.2, 0) is 9.59 Å². The number of H-pyrrole nitrogens is 1. The van der Waals surface area contributed by atoms with Gasteiger partial charge in [0.15, 0.2) is 0 Å². The lowest BCUT2D eigenvalue weighted by Gasteiger charge is -2.23. The fraction of sp³-hybridized carbons (Fsp3) is 0.478. The molecule has 1 aromatic carbocycles. The lowest BCUT2D eigenvalue weighted by atomic mass is 9.92. The molecule has 1 aliphatic carbocycles. The summed E-state index contributed by atoms with van der Waals surface area (Å²) in [6.45, 7) is 2.64. The van der Waals surface area contributed by atoms with E-state index in [0.717, 1.165) is 17.7 Å². The Bertz CT molecular complexity index is 1020. The molecule has 2 fully saturated rings. The van der Waals surface area contributed by atoms with Crippen LogP contribution in [0.2, 0.25) is 5.02 Å². The van der Waals surface area contributed by atoms with Gasteiger partial charge in [-0.1, -0.05) is 43.5 Å². The van der Waals surface area contributed by atoms with Crippen molar-refractivity contribution in [2.75, 3.05) is 13.1 Å². The highest BCUT2D eigenvalue weighted by atomic mass is 35.5. The highest BCUT2D eigenvalue weighted by molar-refractivity contribution is 6.35. The van der Waals surface area contributed by atoms with Crippen molar-refractivity contribution in [2.24, 2.45) is 11.8 Å². The first-order valence-corrected chi connectivity index (χ1v) is 11.3. The van der Waals surface area contributed by atoms with Gasteiger partial charge in [0, 0.05) is 17.8 Å². The summed E-state index contributed by atoms with van der Waals surface area (Å²) in [5, 5.41) is 18.4. The summed E-state index contributed by atoms with van der Waals surface area (Å²) in [5.74, 6) is -0.247. The Morgan fingerprint density at radius 3 is 2.69 bits per heavy atom. The summed E-state index contributed by atoms with van der Waals surface area (Å²) in [6.07, 6.45) is 4.77. The van der Waals surface area contributed by atoms with Crippen LogP contribution in [0.4, 0.5) is 0 Å². The molecule has 9 heteroatoms. The molecule has 0 bridgehead atoms. The molecule has 4 rings (SSSR count). The number of benzene rings is 1. The number of nitrogens with one attached hydrogen (secondary N) is 4. The van der Waals surface area contributed by atoms with Crippen LogP contribution in [0, 0.1) is 23.2 Å². The lowest BCUT2D eigenvalue weighted by molar-refractivity contribution is -0.127. The third-order valence-electron chi connectivity index (χ3n) is 5.54. The highest BCUT2D eigenvalue weighted by Crippen LogP contribution is 2.26. The second-order valence-corrected chi connectivity index (χ2v) is 8.77. The standard InChI is InChI=1S/C19H20ClN5O3.C4H8/c20-14-5-1-3-11-8-15(25-17(11)14)19(28)23-10-16(26)24-13(9-21)7-12-4-2-6-22-18(12)27;1-4-2-3-4/h1,3,5,8,12-13,25H,2,4,6-7,10H2,(H,22,27)(H,23,28)(H,24,26);4H,2-3H2,1H3/t12-,13-;/m0./s1. The second-order valence-electron chi connectivity index (χ2n) is 8.37. The summed E-state index contributed by atoms with van der Waals surface area (Å²) in [7, 11) is 0. The van der Waals surface area contributed by atoms with Crippen LogP contribution >= 0.6 is 11.6 Å². The number of fused-ring (bicyclic) bond motifs is 1. The zero-order valence-corrected chi connectivity index (χ0v) is 18.8. The number of aromatic amines is 1. The van der Waals surface area contributed by atoms with E-state index in [-0.39, 0.29) is 30.5 Å². The minimum absolute atomic E-state index is 0.0912. The van der Waals surface area contributed by atoms with Crippen molar-refractivity contribution in [1.29, 1.82) is 5.26 Å². The maximum atomic E-state index is 12.3. The summed E-state index contributed by atoms with van der Waals surface area (Å²) >= 11 is 6.08. The SMILES string of the molecule is CC1CC1.N#C[C@H](C[C@@H]1CCCNC1=O)NC(=O)CNC(=O)c1cc2cccc(Cl)c2[nH]1. The number of piperidine rings is 1. The van der Waals surface area contributed by atoms with Gasteiger partial charge in [0.05, 0.1) is 23.2 Å². The normalized spacial score (nSPS) is 18.5. The Morgan fingerprint density at radius 1 is 1.31 bits per heavy atom. The summed E-state index contributed by atoms with van der Waals surface area (Å²) in [5.41, 5.74) is 0.931. The van der Waals surface area contributed by atoms with E-state index < -0.39 is 17.9 Å². The third kappa shape index (κ3) is 6.72. The van der Waals surface area contributed by atoms with Crippen molar-refractivity contribution in [3.8, 4) is 6.07 Å². The van der Waals surface area contributed by atoms with Crippen molar-refractivity contribution in [1.82, 2.24) is 20.9 Å². The number of hydrogen-bond acceptors (Lipinski definition) is 4. The average molecular weight is 458 g/mol. The molecule has 2 atom stereocenters. The first-order chi connectivity index (χ1) is 15.4. The first-order valence-electron chi connectivity index (χ1n) is 10.9. The first kappa shape index (κ1) is 23.6. The number of nitrogens with zero attached hydrogens (tertiary/aromatic N) is 1. The van der Waals surface area contributed by atoms with Crippen LogP contribution in [0.1, 0.15) is 49.5 Å². The van der Waals surface area contributed by atoms with E-state index in [1.165, 1.54) is 12.8 Å². The minimum Gasteiger partial charge on any atom is -0.356 e. The van der Waals surface area contributed by atoms with Gasteiger partial charge in [-0.2, -0.15) is 5.26 Å². The van der Waals surface area contributed by atoms with Gasteiger partial charge in [0.2, 0.25) is 11.8 Å². The average Bonchev–Trinajstić information content (AvgIpc) is 3.43. The minimum atomic E-state index is -0.787. The molecule has 32 heavy (non-hydrogen) atoms. The Hall–Kier alpha value is -3.05. The predicted octanol–water partition coefficient (Wildman–Crippen LogP) is 2.89. The van der Waals surface area contributed by atoms with E-state index in [9.17, 15) is 19.6 Å². The number of carbonyl (C=O) groups is 3. The Kier molecular flexibility index (Phi) is 8.12. The molecule has 170 valence electrons. The molecule has 1 aromatic heterocycles. The molecule has 2 aromatic rings. The van der Waals surface area contributed by atoms with Gasteiger partial charge in [-0.3, -0.25) is 14.4 Å². The topological polar surface area (TPSA) is 127 Å². The number of halogens is 1. The molecule has 2 aliphatic rings. The molecule has 0 unspecified atom stereocenters. The lowest BCUT2D eigenvalue weighted by Crippen LogP contribution is -2.44. The Morgan fingerprint density at radius 2 is 2.06 bits per heavy atom. The number of carbonyl (C=O) groups excluding carboxylic acids is 3. The summed E-state index contributed by atoms with van der Waals surface area (Å²) < 4.78 is 0. The fourth-order valence-electron chi connectivity index (χ4n) is 3.40. The van der Waals surface area contributed by atoms with Crippen LogP contribution < -0.4 is 16.0 Å². The monoisotopic (exact) mass is 457 g/mol. The van der Waals surface area contributed by atoms with Gasteiger partial charge in [-0.15, -0.1) is 0 Å². The van der Waals surface area contributed by atoms with E-state index in [2.05, 4.69) is 27.9 Å². The summed E-state index contributed by atoms with van der Waals surface area (Å²) in [6, 6.07) is 8.17. The molecule has 0 spiro atoms.